The first-order valence-corrected chi connectivity index (χ1v) is 11.3. The van der Waals surface area contributed by atoms with Crippen LogP contribution in [0.4, 0.5) is 0 Å². The SMILES string of the molecule is C=CC[C@@H]1c2c(cc(OCc3ccccc3)cc2OCc2ccccc2)CCN1C(=O)CN. The predicted octanol–water partition coefficient (Wildman–Crippen LogP) is 4.81. The molecule has 0 saturated carbocycles. The fraction of sp³-hybridized carbons (Fsp3) is 0.250. The molecule has 0 bridgehead atoms. The Morgan fingerprint density at radius 1 is 1.00 bits per heavy atom. The zero-order valence-electron chi connectivity index (χ0n) is 18.8. The van der Waals surface area contributed by atoms with Gasteiger partial charge in [0.1, 0.15) is 24.7 Å². The average Bonchev–Trinajstić information content (AvgIpc) is 2.87. The molecule has 0 saturated heterocycles. The molecule has 1 heterocycles. The van der Waals surface area contributed by atoms with Crippen LogP contribution in [-0.4, -0.2) is 23.9 Å². The summed E-state index contributed by atoms with van der Waals surface area (Å²) in [6.07, 6.45) is 3.20. The smallest absolute Gasteiger partial charge is 0.236 e. The standard InChI is InChI=1S/C28H30N2O3/c1-2-9-25-28-23(14-15-30(25)27(31)18-29)16-24(32-19-21-10-5-3-6-11-21)17-26(28)33-20-22-12-7-4-8-13-22/h2-8,10-13,16-17,25H,1,9,14-15,18-20,29H2/t25-/m1/s1. The summed E-state index contributed by atoms with van der Waals surface area (Å²) in [6.45, 7) is 5.43. The third-order valence-electron chi connectivity index (χ3n) is 5.90. The van der Waals surface area contributed by atoms with Crippen LogP contribution in [-0.2, 0) is 24.4 Å². The van der Waals surface area contributed by atoms with Crippen molar-refractivity contribution >= 4 is 5.91 Å². The first kappa shape index (κ1) is 22.6. The maximum atomic E-state index is 12.6. The van der Waals surface area contributed by atoms with Crippen molar-refractivity contribution in [2.24, 2.45) is 5.73 Å². The van der Waals surface area contributed by atoms with Gasteiger partial charge in [-0.3, -0.25) is 4.79 Å². The molecule has 1 atom stereocenters. The first-order chi connectivity index (χ1) is 16.2. The predicted molar refractivity (Wildman–Crippen MR) is 130 cm³/mol. The van der Waals surface area contributed by atoms with Crippen molar-refractivity contribution in [1.82, 2.24) is 4.90 Å². The molecular formula is C28H30N2O3. The van der Waals surface area contributed by atoms with Crippen LogP contribution in [0, 0.1) is 0 Å². The van der Waals surface area contributed by atoms with E-state index in [-0.39, 0.29) is 18.5 Å². The fourth-order valence-corrected chi connectivity index (χ4v) is 4.29. The van der Waals surface area contributed by atoms with E-state index in [9.17, 15) is 4.79 Å². The lowest BCUT2D eigenvalue weighted by molar-refractivity contribution is -0.132. The molecule has 170 valence electrons. The highest BCUT2D eigenvalue weighted by Gasteiger charge is 2.32. The topological polar surface area (TPSA) is 64.8 Å². The second-order valence-corrected chi connectivity index (χ2v) is 8.12. The molecule has 1 aliphatic heterocycles. The minimum atomic E-state index is -0.156. The monoisotopic (exact) mass is 442 g/mol. The van der Waals surface area contributed by atoms with Crippen LogP contribution in [0.25, 0.3) is 0 Å². The maximum Gasteiger partial charge on any atom is 0.236 e. The third-order valence-corrected chi connectivity index (χ3v) is 5.90. The number of nitrogens with zero attached hydrogens (tertiary/aromatic N) is 1. The first-order valence-electron chi connectivity index (χ1n) is 11.3. The van der Waals surface area contributed by atoms with Crippen LogP contribution in [0.15, 0.2) is 85.5 Å². The van der Waals surface area contributed by atoms with E-state index in [4.69, 9.17) is 15.2 Å². The Kier molecular flexibility index (Phi) is 7.43. The quantitative estimate of drug-likeness (QED) is 0.483. The molecule has 5 heteroatoms. The van der Waals surface area contributed by atoms with Crippen LogP contribution in [0.5, 0.6) is 11.5 Å². The van der Waals surface area contributed by atoms with E-state index in [1.807, 2.05) is 77.7 Å². The molecular weight excluding hydrogens is 412 g/mol. The van der Waals surface area contributed by atoms with Crippen molar-refractivity contribution in [3.8, 4) is 11.5 Å². The number of amides is 1. The molecule has 1 aliphatic rings. The van der Waals surface area contributed by atoms with Crippen molar-refractivity contribution in [3.63, 3.8) is 0 Å². The molecule has 0 radical (unpaired) electrons. The Bertz CT molecular complexity index is 1080. The Hall–Kier alpha value is -3.57. The molecule has 2 N–H and O–H groups in total. The van der Waals surface area contributed by atoms with E-state index in [0.717, 1.165) is 40.2 Å². The highest BCUT2D eigenvalue weighted by Crippen LogP contribution is 2.41. The molecule has 4 rings (SSSR count). The third kappa shape index (κ3) is 5.44. The van der Waals surface area contributed by atoms with Gasteiger partial charge >= 0.3 is 0 Å². The summed E-state index contributed by atoms with van der Waals surface area (Å²) in [7, 11) is 0. The number of carbonyl (C=O) groups is 1. The largest absolute Gasteiger partial charge is 0.489 e. The van der Waals surface area contributed by atoms with Gasteiger partial charge < -0.3 is 20.1 Å². The minimum Gasteiger partial charge on any atom is -0.489 e. The number of nitrogens with two attached hydrogens (primary N) is 1. The lowest BCUT2D eigenvalue weighted by atomic mass is 9.89. The number of hydrogen-bond acceptors (Lipinski definition) is 4. The van der Waals surface area contributed by atoms with Gasteiger partial charge in [-0.15, -0.1) is 6.58 Å². The molecule has 33 heavy (non-hydrogen) atoms. The van der Waals surface area contributed by atoms with Gasteiger partial charge in [0.25, 0.3) is 0 Å². The van der Waals surface area contributed by atoms with Crippen LogP contribution in [0.2, 0.25) is 0 Å². The second-order valence-electron chi connectivity index (χ2n) is 8.12. The number of carbonyl (C=O) groups excluding carboxylic acids is 1. The van der Waals surface area contributed by atoms with Gasteiger partial charge in [0.2, 0.25) is 5.91 Å². The fourth-order valence-electron chi connectivity index (χ4n) is 4.29. The highest BCUT2D eigenvalue weighted by atomic mass is 16.5. The number of rotatable bonds is 9. The summed E-state index contributed by atoms with van der Waals surface area (Å²) >= 11 is 0. The summed E-state index contributed by atoms with van der Waals surface area (Å²) in [5.41, 5.74) is 10.0. The van der Waals surface area contributed by atoms with E-state index in [1.54, 1.807) is 0 Å². The van der Waals surface area contributed by atoms with Gasteiger partial charge in [-0.05, 0) is 35.6 Å². The number of benzene rings is 3. The molecule has 0 unspecified atom stereocenters. The van der Waals surface area contributed by atoms with Crippen molar-refractivity contribution < 1.29 is 14.3 Å². The zero-order valence-corrected chi connectivity index (χ0v) is 18.8. The van der Waals surface area contributed by atoms with E-state index < -0.39 is 0 Å². The molecule has 0 aliphatic carbocycles. The summed E-state index contributed by atoms with van der Waals surface area (Å²) in [6, 6.07) is 24.0. The summed E-state index contributed by atoms with van der Waals surface area (Å²) in [4.78, 5) is 14.4. The highest BCUT2D eigenvalue weighted by molar-refractivity contribution is 5.79. The Morgan fingerprint density at radius 2 is 1.64 bits per heavy atom. The molecule has 0 aromatic heterocycles. The van der Waals surface area contributed by atoms with Gasteiger partial charge in [-0.1, -0.05) is 66.7 Å². The molecule has 0 fully saturated rings. The van der Waals surface area contributed by atoms with E-state index in [2.05, 4.69) is 12.6 Å². The zero-order chi connectivity index (χ0) is 23.0. The van der Waals surface area contributed by atoms with E-state index >= 15 is 0 Å². The second kappa shape index (κ2) is 10.8. The van der Waals surface area contributed by atoms with Gasteiger partial charge in [0.15, 0.2) is 0 Å². The van der Waals surface area contributed by atoms with E-state index in [0.29, 0.717) is 26.2 Å². The van der Waals surface area contributed by atoms with Gasteiger partial charge in [-0.2, -0.15) is 0 Å². The van der Waals surface area contributed by atoms with Crippen LogP contribution in [0.1, 0.15) is 34.7 Å². The van der Waals surface area contributed by atoms with Crippen molar-refractivity contribution in [3.05, 3.63) is 108 Å². The molecule has 0 spiro atoms. The van der Waals surface area contributed by atoms with Crippen LogP contribution >= 0.6 is 0 Å². The molecule has 3 aromatic carbocycles. The Morgan fingerprint density at radius 3 is 2.24 bits per heavy atom. The van der Waals surface area contributed by atoms with Crippen molar-refractivity contribution in [2.75, 3.05) is 13.1 Å². The van der Waals surface area contributed by atoms with E-state index in [1.165, 1.54) is 0 Å². The molecule has 5 nitrogen and oxygen atoms in total. The Balaban J connectivity index is 1.67. The Labute approximate surface area is 195 Å². The number of ether oxygens (including phenoxy) is 2. The maximum absolute atomic E-state index is 12.6. The van der Waals surface area contributed by atoms with Crippen molar-refractivity contribution in [2.45, 2.75) is 32.1 Å². The molecule has 3 aromatic rings. The lowest BCUT2D eigenvalue weighted by Gasteiger charge is -2.38. The lowest BCUT2D eigenvalue weighted by Crippen LogP contribution is -2.43. The van der Waals surface area contributed by atoms with Gasteiger partial charge in [0.05, 0.1) is 12.6 Å². The number of hydrogen-bond donors (Lipinski definition) is 1. The van der Waals surface area contributed by atoms with Crippen LogP contribution < -0.4 is 15.2 Å². The summed E-state index contributed by atoms with van der Waals surface area (Å²) in [5.74, 6) is 1.43. The van der Waals surface area contributed by atoms with Gasteiger partial charge in [0, 0.05) is 18.2 Å². The summed E-state index contributed by atoms with van der Waals surface area (Å²) in [5, 5.41) is 0. The normalized spacial score (nSPS) is 14.9. The minimum absolute atomic E-state index is 0.0124. The molecule has 1 amide bonds. The van der Waals surface area contributed by atoms with Crippen molar-refractivity contribution in [1.29, 1.82) is 0 Å². The van der Waals surface area contributed by atoms with Gasteiger partial charge in [-0.25, -0.2) is 0 Å². The number of fused-ring (bicyclic) bond motifs is 1. The summed E-state index contributed by atoms with van der Waals surface area (Å²) < 4.78 is 12.5. The van der Waals surface area contributed by atoms with Crippen LogP contribution in [0.3, 0.4) is 0 Å². The average molecular weight is 443 g/mol.